The van der Waals surface area contributed by atoms with Gasteiger partial charge in [-0.05, 0) is 35.8 Å². The van der Waals surface area contributed by atoms with Crippen molar-refractivity contribution in [3.8, 4) is 5.75 Å². The fourth-order valence-corrected chi connectivity index (χ4v) is 6.43. The molecule has 0 radical (unpaired) electrons. The molecule has 29 heavy (non-hydrogen) atoms. The molecule has 2 aliphatic rings. The third kappa shape index (κ3) is 4.71. The average Bonchev–Trinajstić information content (AvgIpc) is 3.20. The molecule has 2 saturated heterocycles. The number of carbonyl (C=O) groups is 1. The molecule has 2 aromatic rings. The van der Waals surface area contributed by atoms with Gasteiger partial charge in [0.15, 0.2) is 9.84 Å². The van der Waals surface area contributed by atoms with Gasteiger partial charge in [0, 0.05) is 0 Å². The SMILES string of the molecule is O=C1/C(=C\c2ccc(OCc3ccccc3)cc2)SC(=S)N1C1CCS(=O)(=O)C1. The number of thioether (sulfide) groups is 1. The summed E-state index contributed by atoms with van der Waals surface area (Å²) in [5.74, 6) is 0.625. The highest BCUT2D eigenvalue weighted by molar-refractivity contribution is 8.26. The summed E-state index contributed by atoms with van der Waals surface area (Å²) in [5, 5.41) is 0. The van der Waals surface area contributed by atoms with Crippen molar-refractivity contribution in [1.29, 1.82) is 0 Å². The summed E-state index contributed by atoms with van der Waals surface area (Å²) in [6.07, 6.45) is 2.22. The Morgan fingerprint density at radius 1 is 1.14 bits per heavy atom. The van der Waals surface area contributed by atoms with Crippen molar-refractivity contribution in [3.05, 3.63) is 70.6 Å². The lowest BCUT2D eigenvalue weighted by Gasteiger charge is -2.20. The van der Waals surface area contributed by atoms with Crippen LogP contribution in [-0.4, -0.2) is 41.1 Å². The van der Waals surface area contributed by atoms with Crippen molar-refractivity contribution in [2.75, 3.05) is 11.5 Å². The topological polar surface area (TPSA) is 63.7 Å². The van der Waals surface area contributed by atoms with Crippen LogP contribution in [0.1, 0.15) is 17.5 Å². The monoisotopic (exact) mass is 445 g/mol. The van der Waals surface area contributed by atoms with Crippen LogP contribution in [0.15, 0.2) is 59.5 Å². The summed E-state index contributed by atoms with van der Waals surface area (Å²) in [4.78, 5) is 14.8. The van der Waals surface area contributed by atoms with Crippen molar-refractivity contribution in [2.24, 2.45) is 0 Å². The molecule has 2 fully saturated rings. The van der Waals surface area contributed by atoms with E-state index in [9.17, 15) is 13.2 Å². The minimum Gasteiger partial charge on any atom is -0.489 e. The second kappa shape index (κ2) is 8.30. The van der Waals surface area contributed by atoms with Crippen molar-refractivity contribution in [1.82, 2.24) is 4.90 Å². The van der Waals surface area contributed by atoms with Crippen LogP contribution in [0, 0.1) is 0 Å². The van der Waals surface area contributed by atoms with Gasteiger partial charge in [-0.2, -0.15) is 0 Å². The zero-order valence-electron chi connectivity index (χ0n) is 15.5. The number of sulfone groups is 1. The fraction of sp³-hybridized carbons (Fsp3) is 0.238. The first-order valence-electron chi connectivity index (χ1n) is 9.15. The normalized spacial score (nSPS) is 22.4. The van der Waals surface area contributed by atoms with Gasteiger partial charge in [-0.15, -0.1) is 0 Å². The summed E-state index contributed by atoms with van der Waals surface area (Å²) in [5.41, 5.74) is 1.95. The minimum atomic E-state index is -3.08. The third-order valence-electron chi connectivity index (χ3n) is 4.82. The number of thiocarbonyl (C=S) groups is 1. The van der Waals surface area contributed by atoms with E-state index in [-0.39, 0.29) is 23.5 Å². The Balaban J connectivity index is 1.42. The van der Waals surface area contributed by atoms with Crippen LogP contribution in [0.4, 0.5) is 0 Å². The highest BCUT2D eigenvalue weighted by atomic mass is 32.2. The number of hydrogen-bond acceptors (Lipinski definition) is 6. The first-order chi connectivity index (χ1) is 13.9. The van der Waals surface area contributed by atoms with Gasteiger partial charge in [0.1, 0.15) is 16.7 Å². The average molecular weight is 446 g/mol. The van der Waals surface area contributed by atoms with Crippen molar-refractivity contribution in [3.63, 3.8) is 0 Å². The molecule has 0 bridgehead atoms. The second-order valence-corrected chi connectivity index (χ2v) is 10.9. The Bertz CT molecular complexity index is 1060. The Morgan fingerprint density at radius 2 is 1.86 bits per heavy atom. The third-order valence-corrected chi connectivity index (χ3v) is 7.90. The molecule has 0 saturated carbocycles. The zero-order chi connectivity index (χ0) is 20.4. The van der Waals surface area contributed by atoms with E-state index in [1.807, 2.05) is 54.6 Å². The molecule has 0 aliphatic carbocycles. The van der Waals surface area contributed by atoms with Crippen LogP contribution in [0.5, 0.6) is 5.75 Å². The van der Waals surface area contributed by atoms with Gasteiger partial charge < -0.3 is 4.74 Å². The number of hydrogen-bond donors (Lipinski definition) is 0. The van der Waals surface area contributed by atoms with Crippen LogP contribution >= 0.6 is 24.0 Å². The molecule has 0 spiro atoms. The predicted molar refractivity (Wildman–Crippen MR) is 119 cm³/mol. The van der Waals surface area contributed by atoms with Crippen LogP contribution in [0.3, 0.4) is 0 Å². The van der Waals surface area contributed by atoms with Crippen molar-refractivity contribution >= 4 is 50.1 Å². The zero-order valence-corrected chi connectivity index (χ0v) is 17.9. The maximum absolute atomic E-state index is 12.8. The van der Waals surface area contributed by atoms with Crippen LogP contribution in [0.25, 0.3) is 6.08 Å². The molecule has 1 unspecified atom stereocenters. The van der Waals surface area contributed by atoms with E-state index in [2.05, 4.69) is 0 Å². The van der Waals surface area contributed by atoms with E-state index in [0.717, 1.165) is 16.9 Å². The first kappa shape index (κ1) is 20.1. The van der Waals surface area contributed by atoms with Gasteiger partial charge in [0.05, 0.1) is 22.5 Å². The molecule has 2 aromatic carbocycles. The largest absolute Gasteiger partial charge is 0.489 e. The van der Waals surface area contributed by atoms with E-state index < -0.39 is 9.84 Å². The van der Waals surface area contributed by atoms with Gasteiger partial charge in [-0.1, -0.05) is 66.4 Å². The van der Waals surface area contributed by atoms with Crippen LogP contribution < -0.4 is 4.74 Å². The number of rotatable bonds is 5. The summed E-state index contributed by atoms with van der Waals surface area (Å²) in [6, 6.07) is 17.0. The van der Waals surface area contributed by atoms with E-state index in [1.54, 1.807) is 6.08 Å². The van der Waals surface area contributed by atoms with Gasteiger partial charge in [-0.3, -0.25) is 9.69 Å². The quantitative estimate of drug-likeness (QED) is 0.517. The Labute approximate surface area is 179 Å². The molecule has 5 nitrogen and oxygen atoms in total. The molecule has 1 atom stereocenters. The molecule has 8 heteroatoms. The molecule has 150 valence electrons. The summed E-state index contributed by atoms with van der Waals surface area (Å²) < 4.78 is 29.7. The van der Waals surface area contributed by atoms with Gasteiger partial charge in [0.25, 0.3) is 5.91 Å². The lowest BCUT2D eigenvalue weighted by atomic mass is 10.2. The van der Waals surface area contributed by atoms with E-state index in [4.69, 9.17) is 17.0 Å². The molecule has 0 aromatic heterocycles. The van der Waals surface area contributed by atoms with E-state index >= 15 is 0 Å². The number of benzene rings is 2. The number of carbonyl (C=O) groups excluding carboxylic acids is 1. The number of nitrogens with zero attached hydrogens (tertiary/aromatic N) is 1. The van der Waals surface area contributed by atoms with Crippen LogP contribution in [-0.2, 0) is 21.2 Å². The molecule has 0 N–H and O–H groups in total. The number of amides is 1. The molecular formula is C21H19NO4S3. The van der Waals surface area contributed by atoms with Gasteiger partial charge in [0.2, 0.25) is 0 Å². The molecule has 1 amide bonds. The van der Waals surface area contributed by atoms with Crippen molar-refractivity contribution in [2.45, 2.75) is 19.1 Å². The standard InChI is InChI=1S/C21H19NO4S3/c23-20-19(28-21(27)22(20)17-10-11-29(24,25)14-17)12-15-6-8-18(9-7-15)26-13-16-4-2-1-3-5-16/h1-9,12,17H,10-11,13-14H2/b19-12+. The Hall–Kier alpha value is -2.16. The molecule has 2 aliphatic heterocycles. The molecular weight excluding hydrogens is 426 g/mol. The lowest BCUT2D eigenvalue weighted by molar-refractivity contribution is -0.123. The van der Waals surface area contributed by atoms with Gasteiger partial charge >= 0.3 is 0 Å². The smallest absolute Gasteiger partial charge is 0.266 e. The number of ether oxygens (including phenoxy) is 1. The maximum Gasteiger partial charge on any atom is 0.266 e. The highest BCUT2D eigenvalue weighted by Crippen LogP contribution is 2.36. The maximum atomic E-state index is 12.8. The van der Waals surface area contributed by atoms with Crippen LogP contribution in [0.2, 0.25) is 0 Å². The van der Waals surface area contributed by atoms with Crippen molar-refractivity contribution < 1.29 is 17.9 Å². The highest BCUT2D eigenvalue weighted by Gasteiger charge is 2.42. The van der Waals surface area contributed by atoms with E-state index in [1.165, 1.54) is 16.7 Å². The minimum absolute atomic E-state index is 0.0137. The first-order valence-corrected chi connectivity index (χ1v) is 12.2. The second-order valence-electron chi connectivity index (χ2n) is 6.95. The molecule has 4 rings (SSSR count). The molecule has 2 heterocycles. The summed E-state index contributed by atoms with van der Waals surface area (Å²) >= 11 is 6.55. The summed E-state index contributed by atoms with van der Waals surface area (Å²) in [7, 11) is -3.08. The van der Waals surface area contributed by atoms with E-state index in [0.29, 0.717) is 22.3 Å². The lowest BCUT2D eigenvalue weighted by Crippen LogP contribution is -2.39. The Morgan fingerprint density at radius 3 is 2.52 bits per heavy atom. The van der Waals surface area contributed by atoms with Gasteiger partial charge in [-0.25, -0.2) is 8.42 Å². The Kier molecular flexibility index (Phi) is 5.76. The fourth-order valence-electron chi connectivity index (χ4n) is 3.33. The predicted octanol–water partition coefficient (Wildman–Crippen LogP) is 3.65. The summed E-state index contributed by atoms with van der Waals surface area (Å²) in [6.45, 7) is 0.489.